The number of ether oxygens (including phenoxy) is 2. The summed E-state index contributed by atoms with van der Waals surface area (Å²) in [6.45, 7) is 11.2. The molecule has 2 fully saturated rings. The first-order valence-electron chi connectivity index (χ1n) is 12.6. The van der Waals surface area contributed by atoms with E-state index in [1.54, 1.807) is 27.7 Å². The van der Waals surface area contributed by atoms with E-state index < -0.39 is 35.0 Å². The minimum Gasteiger partial charge on any atom is -0.461 e. The second-order valence-corrected chi connectivity index (χ2v) is 10.3. The van der Waals surface area contributed by atoms with Crippen LogP contribution in [0, 0.1) is 23.7 Å². The van der Waals surface area contributed by atoms with E-state index in [9.17, 15) is 19.8 Å². The first-order valence-corrected chi connectivity index (χ1v) is 12.6. The molecule has 0 amide bonds. The summed E-state index contributed by atoms with van der Waals surface area (Å²) < 4.78 is 10.9. The van der Waals surface area contributed by atoms with Gasteiger partial charge in [0.05, 0.1) is 12.2 Å². The van der Waals surface area contributed by atoms with Crippen LogP contribution in [0.25, 0.3) is 0 Å². The van der Waals surface area contributed by atoms with E-state index >= 15 is 0 Å². The van der Waals surface area contributed by atoms with Crippen molar-refractivity contribution in [3.05, 3.63) is 12.2 Å². The predicted octanol–water partition coefficient (Wildman–Crippen LogP) is 4.56. The van der Waals surface area contributed by atoms with Gasteiger partial charge >= 0.3 is 11.9 Å². The highest BCUT2D eigenvalue weighted by Crippen LogP contribution is 2.48. The van der Waals surface area contributed by atoms with Crippen LogP contribution < -0.4 is 0 Å². The molecule has 0 saturated heterocycles. The minimum absolute atomic E-state index is 0.158. The lowest BCUT2D eigenvalue weighted by atomic mass is 9.79. The predicted molar refractivity (Wildman–Crippen MR) is 124 cm³/mol. The summed E-state index contributed by atoms with van der Waals surface area (Å²) in [5.74, 6) is -2.25. The molecule has 0 bridgehead atoms. The van der Waals surface area contributed by atoms with Crippen LogP contribution in [0.3, 0.4) is 0 Å². The lowest BCUT2D eigenvalue weighted by molar-refractivity contribution is -0.178. The number of rotatable bonds is 10. The summed E-state index contributed by atoms with van der Waals surface area (Å²) in [7, 11) is 0. The van der Waals surface area contributed by atoms with Gasteiger partial charge in [0.1, 0.15) is 0 Å². The Morgan fingerprint density at radius 1 is 0.781 bits per heavy atom. The third-order valence-corrected chi connectivity index (χ3v) is 7.22. The van der Waals surface area contributed by atoms with Crippen molar-refractivity contribution >= 4 is 11.9 Å². The molecule has 0 aliphatic heterocycles. The first-order chi connectivity index (χ1) is 15.0. The molecule has 6 atom stereocenters. The van der Waals surface area contributed by atoms with Crippen molar-refractivity contribution < 1.29 is 29.3 Å². The van der Waals surface area contributed by atoms with Crippen LogP contribution in [0.15, 0.2) is 12.2 Å². The zero-order valence-corrected chi connectivity index (χ0v) is 20.8. The van der Waals surface area contributed by atoms with E-state index in [1.165, 1.54) is 0 Å². The van der Waals surface area contributed by atoms with Crippen LogP contribution in [0.5, 0.6) is 0 Å². The van der Waals surface area contributed by atoms with Crippen molar-refractivity contribution in [2.24, 2.45) is 23.7 Å². The Kier molecular flexibility index (Phi) is 9.35. The first kappa shape index (κ1) is 26.8. The van der Waals surface area contributed by atoms with Gasteiger partial charge in [-0.05, 0) is 78.1 Å². The number of carbonyl (C=O) groups excluding carboxylic acids is 2. The van der Waals surface area contributed by atoms with E-state index in [2.05, 4.69) is 0 Å². The molecule has 2 aliphatic rings. The Hall–Kier alpha value is -1.40. The molecule has 0 spiro atoms. The summed E-state index contributed by atoms with van der Waals surface area (Å²) in [6, 6.07) is 0. The number of aliphatic hydroxyl groups is 2. The molecule has 2 saturated carbocycles. The van der Waals surface area contributed by atoms with E-state index in [4.69, 9.17) is 9.47 Å². The Morgan fingerprint density at radius 3 is 1.41 bits per heavy atom. The van der Waals surface area contributed by atoms with Crippen LogP contribution in [0.2, 0.25) is 0 Å². The smallest absolute Gasteiger partial charge is 0.339 e. The maximum atomic E-state index is 12.9. The zero-order chi connectivity index (χ0) is 24.1. The van der Waals surface area contributed by atoms with Gasteiger partial charge in [-0.1, -0.05) is 38.8 Å². The maximum absolute atomic E-state index is 12.9. The van der Waals surface area contributed by atoms with Gasteiger partial charge in [0.25, 0.3) is 0 Å². The Morgan fingerprint density at radius 2 is 1.12 bits per heavy atom. The van der Waals surface area contributed by atoms with Gasteiger partial charge in [-0.25, -0.2) is 9.59 Å². The third-order valence-electron chi connectivity index (χ3n) is 7.22. The molecule has 0 heterocycles. The lowest BCUT2D eigenvalue weighted by Crippen LogP contribution is -2.50. The Balaban J connectivity index is 2.31. The third kappa shape index (κ3) is 5.39. The monoisotopic (exact) mass is 452 g/mol. The second kappa shape index (κ2) is 11.1. The lowest BCUT2D eigenvalue weighted by Gasteiger charge is -2.34. The second-order valence-electron chi connectivity index (χ2n) is 10.3. The van der Waals surface area contributed by atoms with Crippen LogP contribution in [-0.2, 0) is 19.1 Å². The van der Waals surface area contributed by atoms with Crippen LogP contribution in [0.4, 0.5) is 0 Å². The number of hydrogen-bond acceptors (Lipinski definition) is 6. The average molecular weight is 453 g/mol. The van der Waals surface area contributed by atoms with Crippen molar-refractivity contribution in [1.82, 2.24) is 0 Å². The van der Waals surface area contributed by atoms with Gasteiger partial charge < -0.3 is 19.7 Å². The molecule has 0 aromatic heterocycles. The normalized spacial score (nSPS) is 35.2. The van der Waals surface area contributed by atoms with Gasteiger partial charge in [-0.15, -0.1) is 0 Å². The number of hydrogen-bond donors (Lipinski definition) is 2. The summed E-state index contributed by atoms with van der Waals surface area (Å²) in [5.41, 5.74) is -3.15. The van der Waals surface area contributed by atoms with Gasteiger partial charge in [0, 0.05) is 11.8 Å². The molecule has 0 aromatic carbocycles. The van der Waals surface area contributed by atoms with Gasteiger partial charge in [-0.2, -0.15) is 0 Å². The van der Waals surface area contributed by atoms with Gasteiger partial charge in [-0.3, -0.25) is 0 Å². The summed E-state index contributed by atoms with van der Waals surface area (Å²) in [5, 5.41) is 23.1. The molecule has 184 valence electrons. The van der Waals surface area contributed by atoms with Crippen LogP contribution in [0.1, 0.15) is 92.9 Å². The highest BCUT2D eigenvalue weighted by atomic mass is 16.6. The summed E-state index contributed by atoms with van der Waals surface area (Å²) >= 11 is 0. The molecule has 1 unspecified atom stereocenters. The topological polar surface area (TPSA) is 93.1 Å². The van der Waals surface area contributed by atoms with Crippen molar-refractivity contribution in [3.8, 4) is 0 Å². The Bertz CT molecular complexity index is 615. The molecule has 2 rings (SSSR count). The quantitative estimate of drug-likeness (QED) is 0.373. The maximum Gasteiger partial charge on any atom is 0.339 e. The summed E-state index contributed by atoms with van der Waals surface area (Å²) in [6.07, 6.45) is 9.18. The molecule has 32 heavy (non-hydrogen) atoms. The molecule has 6 nitrogen and oxygen atoms in total. The Labute approximate surface area is 193 Å². The number of carbonyl (C=O) groups is 2. The van der Waals surface area contributed by atoms with E-state index in [-0.39, 0.29) is 24.0 Å². The van der Waals surface area contributed by atoms with E-state index in [1.807, 2.05) is 26.0 Å². The fraction of sp³-hybridized carbons (Fsp3) is 0.846. The SMILES string of the molecule is CCC[C@@H]1CC[C@H](/C=C/C2CC[C@H](CCC)[C@@]2(O)C(=O)OC(C)C)[C@@]1(O)C(=O)OC(C)C. The standard InChI is InChI=1S/C26H44O6/c1-7-9-19-11-13-21(25(19,29)23(27)31-17(3)4)15-16-22-14-12-20(10-8-2)26(22,30)24(28)32-18(5)6/h15-22,29-30H,7-14H2,1-6H3/b16-15+/t19-,20+,21-,22?,25-,26+/m1/s1. The van der Waals surface area contributed by atoms with Crippen LogP contribution >= 0.6 is 0 Å². The molecule has 0 aromatic rings. The fourth-order valence-electron chi connectivity index (χ4n) is 5.68. The molecule has 2 aliphatic carbocycles. The summed E-state index contributed by atoms with van der Waals surface area (Å²) in [4.78, 5) is 25.9. The molecule has 0 radical (unpaired) electrons. The van der Waals surface area contributed by atoms with Gasteiger partial charge in [0.2, 0.25) is 0 Å². The largest absolute Gasteiger partial charge is 0.461 e. The molecular weight excluding hydrogens is 408 g/mol. The van der Waals surface area contributed by atoms with E-state index in [0.717, 1.165) is 38.5 Å². The van der Waals surface area contributed by atoms with Crippen molar-refractivity contribution in [2.45, 2.75) is 116 Å². The van der Waals surface area contributed by atoms with E-state index in [0.29, 0.717) is 12.8 Å². The van der Waals surface area contributed by atoms with Gasteiger partial charge in [0.15, 0.2) is 11.2 Å². The molecular formula is C26H44O6. The van der Waals surface area contributed by atoms with Crippen molar-refractivity contribution in [2.75, 3.05) is 0 Å². The zero-order valence-electron chi connectivity index (χ0n) is 20.8. The highest BCUT2D eigenvalue weighted by Gasteiger charge is 2.56. The molecule has 2 N–H and O–H groups in total. The average Bonchev–Trinajstić information content (AvgIpc) is 3.19. The highest BCUT2D eigenvalue weighted by molar-refractivity contribution is 5.82. The fourth-order valence-corrected chi connectivity index (χ4v) is 5.68. The minimum atomic E-state index is -1.57. The number of esters is 2. The van der Waals surface area contributed by atoms with Crippen LogP contribution in [-0.4, -0.2) is 45.6 Å². The van der Waals surface area contributed by atoms with Crippen molar-refractivity contribution in [3.63, 3.8) is 0 Å². The molecule has 6 heteroatoms. The van der Waals surface area contributed by atoms with Crippen molar-refractivity contribution in [1.29, 1.82) is 0 Å².